The lowest BCUT2D eigenvalue weighted by atomic mass is 10.2. The predicted molar refractivity (Wildman–Crippen MR) is 96.8 cm³/mol. The smallest absolute Gasteiger partial charge is 0.316 e. The van der Waals surface area contributed by atoms with Crippen molar-refractivity contribution in [1.82, 2.24) is 5.43 Å². The second kappa shape index (κ2) is 8.64. The molecule has 0 bridgehead atoms. The molecule has 0 radical (unpaired) electrons. The average molecular weight is 342 g/mol. The number of hydrazone groups is 1. The summed E-state index contributed by atoms with van der Waals surface area (Å²) in [5, 5.41) is 6.63. The highest BCUT2D eigenvalue weighted by molar-refractivity contribution is 6.41. The summed E-state index contributed by atoms with van der Waals surface area (Å²) in [6.07, 6.45) is 3.59. The molecule has 0 heterocycles. The number of rotatable bonds is 4. The largest absolute Gasteiger partial charge is 0.329 e. The summed E-state index contributed by atoms with van der Waals surface area (Å²) in [7, 11) is 0. The van der Waals surface area contributed by atoms with Gasteiger partial charge in [0.1, 0.15) is 0 Å². The molecular weight excluding hydrogens is 326 g/mol. The molecule has 2 aromatic carbocycles. The molecule has 5 nitrogen and oxygen atoms in total. The van der Waals surface area contributed by atoms with Gasteiger partial charge in [0.25, 0.3) is 0 Å². The number of allylic oxidation sites excluding steroid dienone is 1. The number of hydrogen-bond donors (Lipinski definition) is 2. The van der Waals surface area contributed by atoms with Crippen molar-refractivity contribution in [2.24, 2.45) is 5.10 Å². The second-order valence-electron chi connectivity index (χ2n) is 4.87. The third-order valence-electron chi connectivity index (χ3n) is 2.98. The Bertz CT molecular complexity index is 786. The third kappa shape index (κ3) is 5.37. The van der Waals surface area contributed by atoms with Crippen molar-refractivity contribution in [3.8, 4) is 0 Å². The molecule has 6 heteroatoms. The number of nitrogens with zero attached hydrogens (tertiary/aromatic N) is 1. The van der Waals surface area contributed by atoms with E-state index in [-0.39, 0.29) is 0 Å². The Hall–Kier alpha value is -2.92. The molecule has 0 unspecified atom stereocenters. The van der Waals surface area contributed by atoms with Gasteiger partial charge in [0.2, 0.25) is 0 Å². The molecule has 0 aromatic heterocycles. The van der Waals surface area contributed by atoms with E-state index in [2.05, 4.69) is 15.8 Å². The van der Waals surface area contributed by atoms with Crippen LogP contribution in [0.2, 0.25) is 5.02 Å². The van der Waals surface area contributed by atoms with Crippen molar-refractivity contribution in [2.45, 2.75) is 6.92 Å². The highest BCUT2D eigenvalue weighted by Crippen LogP contribution is 2.20. The number of para-hydroxylation sites is 1. The monoisotopic (exact) mass is 341 g/mol. The fourth-order valence-corrected chi connectivity index (χ4v) is 1.93. The summed E-state index contributed by atoms with van der Waals surface area (Å²) in [5.41, 5.74) is 4.13. The van der Waals surface area contributed by atoms with E-state index in [1.807, 2.05) is 36.4 Å². The summed E-state index contributed by atoms with van der Waals surface area (Å²) in [4.78, 5) is 23.5. The summed E-state index contributed by atoms with van der Waals surface area (Å²) in [6, 6.07) is 16.3. The van der Waals surface area contributed by atoms with Gasteiger partial charge in [-0.05, 0) is 30.7 Å². The minimum Gasteiger partial charge on any atom is -0.316 e. The number of amides is 2. The number of anilines is 1. The molecule has 0 aliphatic heterocycles. The normalized spacial score (nSPS) is 11.3. The molecule has 2 aromatic rings. The Labute approximate surface area is 145 Å². The number of hydrogen-bond acceptors (Lipinski definition) is 3. The molecule has 2 N–H and O–H groups in total. The van der Waals surface area contributed by atoms with Crippen molar-refractivity contribution >= 4 is 40.9 Å². The molecule has 0 aliphatic carbocycles. The van der Waals surface area contributed by atoms with E-state index in [0.717, 1.165) is 5.56 Å². The van der Waals surface area contributed by atoms with E-state index in [1.165, 1.54) is 0 Å². The molecule has 0 atom stereocenters. The molecule has 0 saturated carbocycles. The van der Waals surface area contributed by atoms with Crippen LogP contribution in [0.15, 0.2) is 65.8 Å². The molecule has 2 rings (SSSR count). The molecule has 0 spiro atoms. The Balaban J connectivity index is 1.90. The first kappa shape index (κ1) is 17.4. The van der Waals surface area contributed by atoms with Gasteiger partial charge in [-0.1, -0.05) is 60.1 Å². The highest BCUT2D eigenvalue weighted by atomic mass is 35.5. The van der Waals surface area contributed by atoms with Gasteiger partial charge in [-0.15, -0.1) is 0 Å². The van der Waals surface area contributed by atoms with Crippen molar-refractivity contribution in [2.75, 3.05) is 5.32 Å². The van der Waals surface area contributed by atoms with E-state index in [9.17, 15) is 9.59 Å². The average Bonchev–Trinajstić information content (AvgIpc) is 2.60. The molecule has 0 saturated heterocycles. The summed E-state index contributed by atoms with van der Waals surface area (Å²) in [6.45, 7) is 1.71. The maximum absolute atomic E-state index is 11.8. The van der Waals surface area contributed by atoms with Gasteiger partial charge >= 0.3 is 11.8 Å². The minimum atomic E-state index is -0.873. The van der Waals surface area contributed by atoms with Crippen LogP contribution in [0, 0.1) is 0 Å². The van der Waals surface area contributed by atoms with Gasteiger partial charge in [0, 0.05) is 0 Å². The lowest BCUT2D eigenvalue weighted by Gasteiger charge is -2.05. The van der Waals surface area contributed by atoms with Gasteiger partial charge in [-0.2, -0.15) is 5.10 Å². The number of carbonyl (C=O) groups excluding carboxylic acids is 2. The number of carbonyl (C=O) groups is 2. The number of halogens is 1. The summed E-state index contributed by atoms with van der Waals surface area (Å²) in [5.74, 6) is -1.71. The standard InChI is InChI=1S/C18H16ClN3O2/c1-13(11-12-14-7-3-2-4-8-14)21-22-18(24)17(23)20-16-10-6-5-9-15(16)19/h2-12H,1H3,(H,20,23)(H,22,24)/b12-11+,21-13+. The fraction of sp³-hybridized carbons (Fsp3) is 0.0556. The van der Waals surface area contributed by atoms with Crippen molar-refractivity contribution in [3.63, 3.8) is 0 Å². The van der Waals surface area contributed by atoms with E-state index in [0.29, 0.717) is 16.4 Å². The van der Waals surface area contributed by atoms with Crippen LogP contribution < -0.4 is 10.7 Å². The van der Waals surface area contributed by atoms with Gasteiger partial charge in [-0.25, -0.2) is 5.43 Å². The lowest BCUT2D eigenvalue weighted by Crippen LogP contribution is -2.32. The summed E-state index contributed by atoms with van der Waals surface area (Å²) < 4.78 is 0. The maximum atomic E-state index is 11.8. The highest BCUT2D eigenvalue weighted by Gasteiger charge is 2.14. The van der Waals surface area contributed by atoms with Gasteiger partial charge < -0.3 is 5.32 Å². The predicted octanol–water partition coefficient (Wildman–Crippen LogP) is 3.48. The maximum Gasteiger partial charge on any atom is 0.329 e. The molecular formula is C18H16ClN3O2. The minimum absolute atomic E-state index is 0.351. The molecule has 0 aliphatic rings. The van der Waals surface area contributed by atoms with E-state index >= 15 is 0 Å². The van der Waals surface area contributed by atoms with Crippen LogP contribution in [0.5, 0.6) is 0 Å². The Morgan fingerprint density at radius 2 is 1.67 bits per heavy atom. The molecule has 0 fully saturated rings. The van der Waals surface area contributed by atoms with E-state index < -0.39 is 11.8 Å². The first-order valence-electron chi connectivity index (χ1n) is 7.19. The van der Waals surface area contributed by atoms with Crippen LogP contribution in [0.1, 0.15) is 12.5 Å². The van der Waals surface area contributed by atoms with Crippen LogP contribution in [-0.4, -0.2) is 17.5 Å². The van der Waals surface area contributed by atoms with E-state index in [1.54, 1.807) is 37.3 Å². The zero-order chi connectivity index (χ0) is 17.4. The zero-order valence-corrected chi connectivity index (χ0v) is 13.7. The lowest BCUT2D eigenvalue weighted by molar-refractivity contribution is -0.136. The SMILES string of the molecule is CC(/C=C/c1ccccc1)=N\NC(=O)C(=O)Nc1ccccc1Cl. The fourth-order valence-electron chi connectivity index (χ4n) is 1.75. The van der Waals surface area contributed by atoms with Crippen molar-refractivity contribution in [3.05, 3.63) is 71.3 Å². The van der Waals surface area contributed by atoms with Gasteiger partial charge in [0.05, 0.1) is 16.4 Å². The molecule has 2 amide bonds. The molecule has 24 heavy (non-hydrogen) atoms. The van der Waals surface area contributed by atoms with Crippen LogP contribution in [0.25, 0.3) is 6.08 Å². The Morgan fingerprint density at radius 3 is 2.38 bits per heavy atom. The van der Waals surface area contributed by atoms with Crippen molar-refractivity contribution < 1.29 is 9.59 Å². The number of benzene rings is 2. The topological polar surface area (TPSA) is 70.6 Å². The van der Waals surface area contributed by atoms with E-state index in [4.69, 9.17) is 11.6 Å². The van der Waals surface area contributed by atoms with Crippen LogP contribution >= 0.6 is 11.6 Å². The Morgan fingerprint density at radius 1 is 1.00 bits per heavy atom. The first-order valence-corrected chi connectivity index (χ1v) is 7.57. The molecule has 122 valence electrons. The second-order valence-corrected chi connectivity index (χ2v) is 5.28. The first-order chi connectivity index (χ1) is 11.6. The van der Waals surface area contributed by atoms with Gasteiger partial charge in [-0.3, -0.25) is 9.59 Å². The van der Waals surface area contributed by atoms with Crippen LogP contribution in [-0.2, 0) is 9.59 Å². The van der Waals surface area contributed by atoms with Crippen LogP contribution in [0.3, 0.4) is 0 Å². The summed E-state index contributed by atoms with van der Waals surface area (Å²) >= 11 is 5.92. The third-order valence-corrected chi connectivity index (χ3v) is 3.31. The van der Waals surface area contributed by atoms with Crippen molar-refractivity contribution in [1.29, 1.82) is 0 Å². The quantitative estimate of drug-likeness (QED) is 0.507. The van der Waals surface area contributed by atoms with Gasteiger partial charge in [0.15, 0.2) is 0 Å². The zero-order valence-electron chi connectivity index (χ0n) is 13.0. The Kier molecular flexibility index (Phi) is 6.28. The number of nitrogens with one attached hydrogen (secondary N) is 2. The van der Waals surface area contributed by atoms with Crippen LogP contribution in [0.4, 0.5) is 5.69 Å².